The molecule has 0 spiro atoms. The first kappa shape index (κ1) is 15.5. The van der Waals surface area contributed by atoms with Gasteiger partial charge in [0.15, 0.2) is 0 Å². The maximum absolute atomic E-state index is 11.9. The van der Waals surface area contributed by atoms with Crippen molar-refractivity contribution in [3.8, 4) is 0 Å². The molecule has 0 radical (unpaired) electrons. The number of hydrogen-bond donors (Lipinski definition) is 1. The van der Waals surface area contributed by atoms with E-state index >= 15 is 0 Å². The van der Waals surface area contributed by atoms with Gasteiger partial charge < -0.3 is 4.74 Å². The van der Waals surface area contributed by atoms with E-state index in [2.05, 4.69) is 46.3 Å². The van der Waals surface area contributed by atoms with E-state index in [9.17, 15) is 13.2 Å². The Morgan fingerprint density at radius 3 is 2.78 bits per heavy atom. The van der Waals surface area contributed by atoms with Crippen LogP contribution in [0.1, 0.15) is 0 Å². The van der Waals surface area contributed by atoms with Gasteiger partial charge in [0.2, 0.25) is 10.0 Å². The number of halogens is 2. The molecule has 0 saturated heterocycles. The van der Waals surface area contributed by atoms with Gasteiger partial charge in [-0.25, -0.2) is 13.1 Å². The molecule has 0 fully saturated rings. The third-order valence-electron chi connectivity index (χ3n) is 1.90. The quantitative estimate of drug-likeness (QED) is 0.588. The zero-order valence-corrected chi connectivity index (χ0v) is 13.2. The zero-order valence-electron chi connectivity index (χ0n) is 9.26. The maximum Gasteiger partial charge on any atom is 0.320 e. The number of sulfonamides is 1. The Morgan fingerprint density at radius 2 is 2.22 bits per heavy atom. The van der Waals surface area contributed by atoms with Gasteiger partial charge in [-0.1, -0.05) is 15.9 Å². The van der Waals surface area contributed by atoms with Crippen LogP contribution in [0.15, 0.2) is 27.8 Å². The van der Waals surface area contributed by atoms with E-state index in [1.807, 2.05) is 0 Å². The SMILES string of the molecule is COC(=O)C(Br)CNS(=O)(=O)c1cncc(Br)c1. The lowest BCUT2D eigenvalue weighted by Crippen LogP contribution is -2.34. The number of aromatic nitrogens is 1. The van der Waals surface area contributed by atoms with Crippen LogP contribution in [0.3, 0.4) is 0 Å². The number of hydrogen-bond acceptors (Lipinski definition) is 5. The van der Waals surface area contributed by atoms with Gasteiger partial charge >= 0.3 is 5.97 Å². The van der Waals surface area contributed by atoms with Crippen molar-refractivity contribution in [3.63, 3.8) is 0 Å². The first-order valence-electron chi connectivity index (χ1n) is 4.69. The smallest absolute Gasteiger partial charge is 0.320 e. The van der Waals surface area contributed by atoms with Crippen LogP contribution in [0.2, 0.25) is 0 Å². The second-order valence-corrected chi connectivity index (χ2v) is 6.97. The molecule has 1 aromatic rings. The Kier molecular flexibility index (Phi) is 5.70. The van der Waals surface area contributed by atoms with Gasteiger partial charge in [-0.05, 0) is 22.0 Å². The number of nitrogens with zero attached hydrogens (tertiary/aromatic N) is 1. The lowest BCUT2D eigenvalue weighted by atomic mass is 10.4. The van der Waals surface area contributed by atoms with Gasteiger partial charge in [0.05, 0.1) is 7.11 Å². The summed E-state index contributed by atoms with van der Waals surface area (Å²) in [6.45, 7) is -0.110. The van der Waals surface area contributed by atoms with E-state index in [0.717, 1.165) is 0 Å². The zero-order chi connectivity index (χ0) is 13.8. The van der Waals surface area contributed by atoms with Crippen LogP contribution < -0.4 is 4.72 Å². The highest BCUT2D eigenvalue weighted by atomic mass is 79.9. The average Bonchev–Trinajstić information content (AvgIpc) is 2.35. The molecule has 1 N–H and O–H groups in total. The van der Waals surface area contributed by atoms with Crippen LogP contribution in [-0.2, 0) is 19.6 Å². The molecular formula is C9H10Br2N2O4S. The lowest BCUT2D eigenvalue weighted by molar-refractivity contribution is -0.139. The number of esters is 1. The number of ether oxygens (including phenoxy) is 1. The predicted octanol–water partition coefficient (Wildman–Crippen LogP) is 1.06. The molecule has 9 heteroatoms. The van der Waals surface area contributed by atoms with E-state index in [4.69, 9.17) is 0 Å². The number of carbonyl (C=O) groups excluding carboxylic acids is 1. The van der Waals surface area contributed by atoms with E-state index in [-0.39, 0.29) is 11.4 Å². The molecule has 100 valence electrons. The molecule has 0 aromatic carbocycles. The minimum atomic E-state index is -3.70. The molecule has 1 heterocycles. The fourth-order valence-corrected chi connectivity index (χ4v) is 3.13. The molecule has 0 amide bonds. The second-order valence-electron chi connectivity index (χ2n) is 3.18. The Hall–Kier alpha value is -0.510. The molecule has 0 saturated carbocycles. The summed E-state index contributed by atoms with van der Waals surface area (Å²) in [5, 5.41) is 0. The van der Waals surface area contributed by atoms with E-state index in [0.29, 0.717) is 4.47 Å². The maximum atomic E-state index is 11.9. The van der Waals surface area contributed by atoms with Crippen molar-refractivity contribution in [2.75, 3.05) is 13.7 Å². The van der Waals surface area contributed by atoms with Gasteiger partial charge in [-0.15, -0.1) is 0 Å². The highest BCUT2D eigenvalue weighted by Crippen LogP contribution is 2.14. The Balaban J connectivity index is 2.75. The number of rotatable bonds is 5. The lowest BCUT2D eigenvalue weighted by Gasteiger charge is -2.09. The molecule has 1 unspecified atom stereocenters. The van der Waals surface area contributed by atoms with Crippen LogP contribution >= 0.6 is 31.9 Å². The fourth-order valence-electron chi connectivity index (χ4n) is 1.02. The van der Waals surface area contributed by atoms with Crippen LogP contribution in [0.4, 0.5) is 0 Å². The summed E-state index contributed by atoms with van der Waals surface area (Å²) in [7, 11) is -2.47. The minimum Gasteiger partial charge on any atom is -0.468 e. The number of carbonyl (C=O) groups is 1. The van der Waals surface area contributed by atoms with Gasteiger partial charge in [0, 0.05) is 23.4 Å². The third-order valence-corrected chi connectivity index (χ3v) is 4.42. The summed E-state index contributed by atoms with van der Waals surface area (Å²) < 4.78 is 31.0. The van der Waals surface area contributed by atoms with Crippen molar-refractivity contribution in [2.24, 2.45) is 0 Å². The molecule has 6 nitrogen and oxygen atoms in total. The van der Waals surface area contributed by atoms with E-state index < -0.39 is 20.8 Å². The summed E-state index contributed by atoms with van der Waals surface area (Å²) in [6, 6.07) is 1.41. The van der Waals surface area contributed by atoms with Gasteiger partial charge in [-0.3, -0.25) is 9.78 Å². The number of nitrogens with one attached hydrogen (secondary N) is 1. The fraction of sp³-hybridized carbons (Fsp3) is 0.333. The van der Waals surface area contributed by atoms with Crippen LogP contribution in [-0.4, -0.2) is 37.9 Å². The van der Waals surface area contributed by atoms with Gasteiger partial charge in [0.25, 0.3) is 0 Å². The highest BCUT2D eigenvalue weighted by molar-refractivity contribution is 9.10. The Labute approximate surface area is 121 Å². The number of alkyl halides is 1. The molecule has 18 heavy (non-hydrogen) atoms. The largest absolute Gasteiger partial charge is 0.468 e. The minimum absolute atomic E-state index is 0.0152. The molecule has 0 aliphatic carbocycles. The van der Waals surface area contributed by atoms with Crippen molar-refractivity contribution < 1.29 is 17.9 Å². The van der Waals surface area contributed by atoms with Crippen LogP contribution in [0.25, 0.3) is 0 Å². The van der Waals surface area contributed by atoms with E-state index in [1.54, 1.807) is 0 Å². The molecule has 1 atom stereocenters. The number of pyridine rings is 1. The molecule has 0 aliphatic rings. The summed E-state index contributed by atoms with van der Waals surface area (Å²) >= 11 is 6.15. The highest BCUT2D eigenvalue weighted by Gasteiger charge is 2.20. The van der Waals surface area contributed by atoms with Crippen molar-refractivity contribution >= 4 is 47.9 Å². The monoisotopic (exact) mass is 400 g/mol. The second kappa shape index (κ2) is 6.60. The van der Waals surface area contributed by atoms with Gasteiger partial charge in [-0.2, -0.15) is 0 Å². The first-order chi connectivity index (χ1) is 8.36. The van der Waals surface area contributed by atoms with Crippen molar-refractivity contribution in [1.29, 1.82) is 0 Å². The van der Waals surface area contributed by atoms with Crippen molar-refractivity contribution in [2.45, 2.75) is 9.72 Å². The molecule has 1 aromatic heterocycles. The summed E-state index contributed by atoms with van der Waals surface area (Å²) in [4.78, 5) is 14.1. The summed E-state index contributed by atoms with van der Waals surface area (Å²) in [5.74, 6) is -0.551. The third kappa shape index (κ3) is 4.30. The standard InChI is InChI=1S/C9H10Br2N2O4S/c1-17-9(14)8(11)5-13-18(15,16)7-2-6(10)3-12-4-7/h2-4,8,13H,5H2,1H3. The average molecular weight is 402 g/mol. The van der Waals surface area contributed by atoms with Crippen LogP contribution in [0.5, 0.6) is 0 Å². The summed E-state index contributed by atoms with van der Waals surface area (Å²) in [6.07, 6.45) is 2.69. The molecule has 1 rings (SSSR count). The summed E-state index contributed by atoms with van der Waals surface area (Å²) in [5.41, 5.74) is 0. The molecule has 0 aliphatic heterocycles. The first-order valence-corrected chi connectivity index (χ1v) is 7.88. The van der Waals surface area contributed by atoms with E-state index in [1.165, 1.54) is 25.6 Å². The Bertz CT molecular complexity index is 535. The predicted molar refractivity (Wildman–Crippen MR) is 71.9 cm³/mol. The molecular weight excluding hydrogens is 392 g/mol. The van der Waals surface area contributed by atoms with Crippen LogP contribution in [0, 0.1) is 0 Å². The number of methoxy groups -OCH3 is 1. The van der Waals surface area contributed by atoms with Crippen molar-refractivity contribution in [1.82, 2.24) is 9.71 Å². The molecule has 0 bridgehead atoms. The topological polar surface area (TPSA) is 85.4 Å². The normalized spacial score (nSPS) is 13.1. The van der Waals surface area contributed by atoms with Gasteiger partial charge in [0.1, 0.15) is 9.72 Å². The Morgan fingerprint density at radius 1 is 1.56 bits per heavy atom. The van der Waals surface area contributed by atoms with Crippen molar-refractivity contribution in [3.05, 3.63) is 22.9 Å².